The molecule has 0 aromatic heterocycles. The molecule has 33 heavy (non-hydrogen) atoms. The van der Waals surface area contributed by atoms with Gasteiger partial charge >= 0.3 is 6.18 Å². The Balaban J connectivity index is 1.95. The summed E-state index contributed by atoms with van der Waals surface area (Å²) in [5.41, 5.74) is -7.51. The van der Waals surface area contributed by atoms with Crippen molar-refractivity contribution in [3.05, 3.63) is 58.8 Å². The average molecular weight is 485 g/mol. The van der Waals surface area contributed by atoms with Crippen LogP contribution < -0.4 is 15.1 Å². The van der Waals surface area contributed by atoms with Crippen LogP contribution in [-0.2, 0) is 11.0 Å². The van der Waals surface area contributed by atoms with Crippen LogP contribution in [0.3, 0.4) is 0 Å². The van der Waals surface area contributed by atoms with Gasteiger partial charge in [0.25, 0.3) is 11.8 Å². The zero-order valence-electron chi connectivity index (χ0n) is 24.3. The van der Waals surface area contributed by atoms with E-state index >= 15 is 4.39 Å². The molecule has 1 heterocycles. The topological polar surface area (TPSA) is 76.4 Å². The summed E-state index contributed by atoms with van der Waals surface area (Å²) in [5, 5.41) is 9.89. The first-order valence-corrected chi connectivity index (χ1v) is 9.63. The molecule has 1 saturated heterocycles. The maximum atomic E-state index is 15.4. The van der Waals surface area contributed by atoms with Crippen LogP contribution in [0, 0.1) is 17.1 Å². The van der Waals surface area contributed by atoms with Gasteiger partial charge in [0.15, 0.2) is 5.11 Å². The maximum absolute atomic E-state index is 15.4. The van der Waals surface area contributed by atoms with Gasteiger partial charge in [0.1, 0.15) is 11.4 Å². The third-order valence-electron chi connectivity index (χ3n) is 5.40. The largest absolute Gasteiger partial charge is 0.417 e. The number of carbonyl (C=O) groups is 2. The van der Waals surface area contributed by atoms with Gasteiger partial charge in [0, 0.05) is 16.8 Å². The van der Waals surface area contributed by atoms with Crippen LogP contribution in [0.25, 0.3) is 0 Å². The number of alkyl halides is 3. The minimum absolute atomic E-state index is 0.0549. The van der Waals surface area contributed by atoms with Crippen molar-refractivity contribution in [1.82, 2.24) is 5.32 Å². The zero-order chi connectivity index (χ0) is 31.0. The van der Waals surface area contributed by atoms with Gasteiger partial charge in [0.05, 0.1) is 35.3 Å². The lowest BCUT2D eigenvalue weighted by molar-refractivity contribution is -0.137. The summed E-state index contributed by atoms with van der Waals surface area (Å²) in [6, 6.07) is -3.86. The van der Waals surface area contributed by atoms with Crippen molar-refractivity contribution in [2.24, 2.45) is 0 Å². The van der Waals surface area contributed by atoms with E-state index in [1.165, 1.54) is 11.4 Å². The summed E-state index contributed by atoms with van der Waals surface area (Å²) in [7, 11) is 0. The second kappa shape index (κ2) is 7.81. The highest BCUT2D eigenvalue weighted by Crippen LogP contribution is 2.48. The molecule has 2 amide bonds. The van der Waals surface area contributed by atoms with Gasteiger partial charge in [-0.05, 0) is 67.8 Å². The number of benzene rings is 2. The summed E-state index contributed by atoms with van der Waals surface area (Å²) in [6.45, 7) is -3.10. The minimum Gasteiger partial charge on any atom is -0.355 e. The molecule has 1 N–H and O–H groups in total. The zero-order valence-corrected chi connectivity index (χ0v) is 17.1. The molecular formula is C22H16F4N4O2S. The van der Waals surface area contributed by atoms with E-state index in [2.05, 4.69) is 0 Å². The van der Waals surface area contributed by atoms with Gasteiger partial charge < -0.3 is 10.2 Å². The maximum Gasteiger partial charge on any atom is 0.417 e. The number of nitrogens with one attached hydrogen (secondary N) is 1. The van der Waals surface area contributed by atoms with E-state index < -0.39 is 99.7 Å². The van der Waals surface area contributed by atoms with Gasteiger partial charge in [-0.3, -0.25) is 14.5 Å². The Morgan fingerprint density at radius 1 is 1.30 bits per heavy atom. The molecular weight excluding hydrogens is 460 g/mol. The van der Waals surface area contributed by atoms with Crippen molar-refractivity contribution in [3.8, 4) is 6.07 Å². The van der Waals surface area contributed by atoms with Crippen LogP contribution >= 0.6 is 12.2 Å². The van der Waals surface area contributed by atoms with Crippen molar-refractivity contribution >= 4 is 40.5 Å². The molecule has 2 aromatic carbocycles. The lowest BCUT2D eigenvalue weighted by atomic mass is 9.75. The molecule has 0 bridgehead atoms. The number of hydrogen-bond acceptors (Lipinski definition) is 4. The molecule has 2 fully saturated rings. The van der Waals surface area contributed by atoms with Crippen LogP contribution in [0.4, 0.5) is 28.9 Å². The van der Waals surface area contributed by atoms with Gasteiger partial charge in [-0.15, -0.1) is 0 Å². The predicted octanol–water partition coefficient (Wildman–Crippen LogP) is 4.14. The lowest BCUT2D eigenvalue weighted by Gasteiger charge is -2.43. The van der Waals surface area contributed by atoms with Crippen LogP contribution in [0.1, 0.15) is 51.7 Å². The lowest BCUT2D eigenvalue weighted by Crippen LogP contribution is -2.55. The molecule has 1 spiro atoms. The molecule has 0 atom stereocenters. The van der Waals surface area contributed by atoms with E-state index in [1.807, 2.05) is 0 Å². The number of anilines is 2. The van der Waals surface area contributed by atoms with E-state index in [0.717, 1.165) is 4.90 Å². The highest BCUT2D eigenvalue weighted by molar-refractivity contribution is 7.81. The minimum atomic E-state index is -5.24. The van der Waals surface area contributed by atoms with E-state index in [0.29, 0.717) is 17.4 Å². The highest BCUT2D eigenvalue weighted by Gasteiger charge is 2.59. The number of carbonyl (C=O) groups excluding carboxylic acids is 2. The molecule has 1 aliphatic heterocycles. The first-order chi connectivity index (χ1) is 18.8. The molecule has 4 rings (SSSR count). The molecule has 170 valence electrons. The standard InChI is InChI=1S/C22H16F4N4O2S/c1-28-18(31)15-6-5-14(10-17(15)23)30-20(33)29(19(32)21(30)7-2-8-21)13-4-3-12(11-27)16(9-13)22(24,25)26/h3-6,9-10H,2,7-8H2,1H3,(H,28,31)/i1D3,4D,5D,6D,9D,10D. The normalized spacial score (nSPS) is 21.1. The Morgan fingerprint density at radius 3 is 2.61 bits per heavy atom. The Hall–Kier alpha value is -3.52. The molecule has 0 unspecified atom stereocenters. The monoisotopic (exact) mass is 484 g/mol. The molecule has 1 saturated carbocycles. The predicted molar refractivity (Wildman–Crippen MR) is 115 cm³/mol. The fourth-order valence-corrected chi connectivity index (χ4v) is 4.14. The number of rotatable bonds is 3. The Morgan fingerprint density at radius 2 is 2.03 bits per heavy atom. The number of nitrogens with zero attached hydrogens (tertiary/aromatic N) is 3. The van der Waals surface area contributed by atoms with Crippen LogP contribution in [0.2, 0.25) is 0 Å². The summed E-state index contributed by atoms with van der Waals surface area (Å²) in [6.07, 6.45) is -5.00. The van der Waals surface area contributed by atoms with E-state index in [4.69, 9.17) is 28.4 Å². The second-order valence-electron chi connectivity index (χ2n) is 7.17. The van der Waals surface area contributed by atoms with Crippen molar-refractivity contribution in [3.63, 3.8) is 0 Å². The first kappa shape index (κ1) is 14.6. The second-order valence-corrected chi connectivity index (χ2v) is 7.54. The molecule has 2 aromatic rings. The van der Waals surface area contributed by atoms with Gasteiger partial charge in [-0.1, -0.05) is 0 Å². The number of halogens is 4. The molecule has 2 aliphatic rings. The van der Waals surface area contributed by atoms with E-state index in [9.17, 15) is 22.8 Å². The summed E-state index contributed by atoms with van der Waals surface area (Å²) >= 11 is 5.35. The Labute approximate surface area is 202 Å². The number of amides is 2. The Bertz CT molecular complexity index is 1560. The van der Waals surface area contributed by atoms with Crippen LogP contribution in [-0.4, -0.2) is 29.4 Å². The van der Waals surface area contributed by atoms with Crippen LogP contribution in [0.5, 0.6) is 0 Å². The average Bonchev–Trinajstić information content (AvgIpc) is 3.02. The van der Waals surface area contributed by atoms with Gasteiger partial charge in [-0.2, -0.15) is 18.4 Å². The summed E-state index contributed by atoms with van der Waals surface area (Å²) in [4.78, 5) is 27.4. The molecule has 1 aliphatic carbocycles. The fourth-order valence-electron chi connectivity index (χ4n) is 3.70. The smallest absolute Gasteiger partial charge is 0.355 e. The number of thiocarbonyl (C=S) groups is 1. The van der Waals surface area contributed by atoms with Crippen LogP contribution in [0.15, 0.2) is 36.3 Å². The SMILES string of the molecule is [2H]c1cc(C#N)c(C(F)(F)F)c([2H])c1N1C(=O)C2(CCC2)N(c2c([2H])c([2H])c(C(=O)NC([2H])([2H])[2H])c(F)c2[2H])C1=S. The molecule has 6 nitrogen and oxygen atoms in total. The van der Waals surface area contributed by atoms with Gasteiger partial charge in [-0.25, -0.2) is 4.39 Å². The summed E-state index contributed by atoms with van der Waals surface area (Å²) in [5.74, 6) is -4.37. The van der Waals surface area contributed by atoms with Crippen molar-refractivity contribution in [1.29, 1.82) is 5.26 Å². The van der Waals surface area contributed by atoms with Crippen molar-refractivity contribution in [2.45, 2.75) is 31.0 Å². The molecule has 11 heteroatoms. The van der Waals surface area contributed by atoms with Crippen molar-refractivity contribution in [2.75, 3.05) is 16.8 Å². The third-order valence-corrected chi connectivity index (χ3v) is 5.77. The van der Waals surface area contributed by atoms with E-state index in [1.54, 1.807) is 0 Å². The van der Waals surface area contributed by atoms with Gasteiger partial charge in [0.2, 0.25) is 0 Å². The third kappa shape index (κ3) is 3.41. The number of hydrogen-bond donors (Lipinski definition) is 1. The van der Waals surface area contributed by atoms with Crippen molar-refractivity contribution < 1.29 is 38.1 Å². The number of nitriles is 1. The summed E-state index contributed by atoms with van der Waals surface area (Å²) < 4.78 is 120. The fraction of sp³-hybridized carbons (Fsp3) is 0.273. The Kier molecular flexibility index (Phi) is 3.45. The quantitative estimate of drug-likeness (QED) is 0.524. The highest BCUT2D eigenvalue weighted by atomic mass is 32.1. The van der Waals surface area contributed by atoms with E-state index in [-0.39, 0.29) is 12.8 Å². The molecule has 0 radical (unpaired) electrons. The first-order valence-electron chi connectivity index (χ1n) is 13.2.